The summed E-state index contributed by atoms with van der Waals surface area (Å²) in [6, 6.07) is 5.74. The summed E-state index contributed by atoms with van der Waals surface area (Å²) in [5.41, 5.74) is 0.958. The Labute approximate surface area is 132 Å². The molecule has 0 N–H and O–H groups in total. The molecule has 21 heavy (non-hydrogen) atoms. The second-order valence-electron chi connectivity index (χ2n) is 4.56. The number of rotatable bonds is 12. The highest BCUT2D eigenvalue weighted by atomic mass is 35.5. The number of hydrogen-bond donors (Lipinski definition) is 0. The van der Waals surface area contributed by atoms with Crippen molar-refractivity contribution in [3.8, 4) is 11.5 Å². The molecule has 0 aliphatic rings. The minimum absolute atomic E-state index is 0.415. The number of ether oxygens (including phenoxy) is 4. The largest absolute Gasteiger partial charge is 0.493 e. The molecular weight excluding hydrogens is 292 g/mol. The van der Waals surface area contributed by atoms with Crippen LogP contribution in [0.15, 0.2) is 18.2 Å². The lowest BCUT2D eigenvalue weighted by Crippen LogP contribution is -2.09. The van der Waals surface area contributed by atoms with Gasteiger partial charge in [0.25, 0.3) is 0 Å². The maximum absolute atomic E-state index is 5.92. The van der Waals surface area contributed by atoms with Gasteiger partial charge in [-0.15, -0.1) is 11.6 Å². The lowest BCUT2D eigenvalue weighted by atomic mass is 10.2. The zero-order valence-corrected chi connectivity index (χ0v) is 13.7. The van der Waals surface area contributed by atoms with Crippen LogP contribution in [-0.2, 0) is 15.4 Å². The third-order valence-corrected chi connectivity index (χ3v) is 3.07. The van der Waals surface area contributed by atoms with E-state index < -0.39 is 0 Å². The summed E-state index contributed by atoms with van der Waals surface area (Å²) < 4.78 is 21.7. The minimum atomic E-state index is 0.415. The van der Waals surface area contributed by atoms with Gasteiger partial charge in [0.1, 0.15) is 18.1 Å². The van der Waals surface area contributed by atoms with E-state index in [2.05, 4.69) is 6.92 Å². The van der Waals surface area contributed by atoms with Crippen LogP contribution in [0, 0.1) is 0 Å². The molecule has 120 valence electrons. The molecule has 0 aliphatic heterocycles. The Morgan fingerprint density at radius 3 is 2.57 bits per heavy atom. The Morgan fingerprint density at radius 2 is 1.86 bits per heavy atom. The number of halogens is 1. The van der Waals surface area contributed by atoms with Crippen LogP contribution in [0.3, 0.4) is 0 Å². The van der Waals surface area contributed by atoms with Crippen LogP contribution >= 0.6 is 11.6 Å². The molecule has 0 spiro atoms. The van der Waals surface area contributed by atoms with E-state index in [1.807, 2.05) is 18.2 Å². The van der Waals surface area contributed by atoms with Crippen molar-refractivity contribution in [2.24, 2.45) is 0 Å². The van der Waals surface area contributed by atoms with E-state index >= 15 is 0 Å². The molecule has 1 rings (SSSR count). The predicted molar refractivity (Wildman–Crippen MR) is 84.6 cm³/mol. The van der Waals surface area contributed by atoms with Crippen molar-refractivity contribution in [3.63, 3.8) is 0 Å². The van der Waals surface area contributed by atoms with Gasteiger partial charge in [0.2, 0.25) is 0 Å². The Balaban J connectivity index is 2.37. The van der Waals surface area contributed by atoms with E-state index in [1.54, 1.807) is 7.11 Å². The third-order valence-electron chi connectivity index (χ3n) is 2.78. The predicted octanol–water partition coefficient (Wildman–Crippen LogP) is 3.65. The topological polar surface area (TPSA) is 36.9 Å². The molecule has 5 heteroatoms. The summed E-state index contributed by atoms with van der Waals surface area (Å²) in [6.07, 6.45) is 1.87. The summed E-state index contributed by atoms with van der Waals surface area (Å²) in [5.74, 6) is 1.98. The smallest absolute Gasteiger partial charge is 0.127 e. The zero-order valence-electron chi connectivity index (χ0n) is 12.9. The average molecular weight is 317 g/mol. The first-order valence-electron chi connectivity index (χ1n) is 7.33. The quantitative estimate of drug-likeness (QED) is 0.436. The molecule has 0 unspecified atom stereocenters. The highest BCUT2D eigenvalue weighted by Crippen LogP contribution is 2.26. The molecule has 0 amide bonds. The maximum Gasteiger partial charge on any atom is 0.127 e. The molecule has 0 atom stereocenters. The van der Waals surface area contributed by atoms with Crippen molar-refractivity contribution in [1.29, 1.82) is 0 Å². The molecule has 0 aromatic heterocycles. The third kappa shape index (κ3) is 7.55. The Hall–Kier alpha value is -0.970. The van der Waals surface area contributed by atoms with Gasteiger partial charge in [-0.1, -0.05) is 13.0 Å². The van der Waals surface area contributed by atoms with Crippen LogP contribution in [0.25, 0.3) is 0 Å². The summed E-state index contributed by atoms with van der Waals surface area (Å²) in [4.78, 5) is 0. The van der Waals surface area contributed by atoms with Crippen molar-refractivity contribution in [2.75, 3.05) is 40.1 Å². The lowest BCUT2D eigenvalue weighted by molar-refractivity contribution is 0.0804. The molecule has 4 nitrogen and oxygen atoms in total. The van der Waals surface area contributed by atoms with Crippen LogP contribution in [0.5, 0.6) is 11.5 Å². The fraction of sp³-hybridized carbons (Fsp3) is 0.625. The van der Waals surface area contributed by atoms with Gasteiger partial charge in [0.05, 0.1) is 19.1 Å². The molecule has 1 aromatic carbocycles. The molecule has 0 aliphatic carbocycles. The first-order chi connectivity index (χ1) is 10.3. The first kappa shape index (κ1) is 18.1. The van der Waals surface area contributed by atoms with Gasteiger partial charge in [-0.3, -0.25) is 0 Å². The summed E-state index contributed by atoms with van der Waals surface area (Å²) in [7, 11) is 1.68. The van der Waals surface area contributed by atoms with Gasteiger partial charge in [-0.2, -0.15) is 0 Å². The van der Waals surface area contributed by atoms with Crippen molar-refractivity contribution in [1.82, 2.24) is 0 Å². The van der Waals surface area contributed by atoms with E-state index in [0.29, 0.717) is 38.9 Å². The van der Waals surface area contributed by atoms with Crippen molar-refractivity contribution in [3.05, 3.63) is 23.8 Å². The molecule has 0 bridgehead atoms. The second-order valence-corrected chi connectivity index (χ2v) is 4.83. The number of hydrogen-bond acceptors (Lipinski definition) is 4. The normalized spacial score (nSPS) is 10.6. The Bertz CT molecular complexity index is 385. The number of methoxy groups -OCH3 is 1. The van der Waals surface area contributed by atoms with Gasteiger partial charge in [0.15, 0.2) is 0 Å². The SMILES string of the molecule is CCCOc1ccc(CCl)c(OCCOCCCOC)c1. The van der Waals surface area contributed by atoms with Crippen molar-refractivity contribution >= 4 is 11.6 Å². The molecule has 0 heterocycles. The van der Waals surface area contributed by atoms with E-state index in [-0.39, 0.29) is 0 Å². The second kappa shape index (κ2) is 11.7. The van der Waals surface area contributed by atoms with Crippen LogP contribution < -0.4 is 9.47 Å². The van der Waals surface area contributed by atoms with E-state index in [0.717, 1.165) is 29.9 Å². The lowest BCUT2D eigenvalue weighted by Gasteiger charge is -2.12. The summed E-state index contributed by atoms with van der Waals surface area (Å²) in [6.45, 7) is 5.21. The van der Waals surface area contributed by atoms with Crippen molar-refractivity contribution < 1.29 is 18.9 Å². The maximum atomic E-state index is 5.92. The van der Waals surface area contributed by atoms with Gasteiger partial charge in [0, 0.05) is 32.0 Å². The van der Waals surface area contributed by atoms with E-state index in [9.17, 15) is 0 Å². The Kier molecular flexibility index (Phi) is 10.0. The minimum Gasteiger partial charge on any atom is -0.493 e. The highest BCUT2D eigenvalue weighted by Gasteiger charge is 2.05. The molecule has 0 saturated heterocycles. The van der Waals surface area contributed by atoms with Gasteiger partial charge >= 0.3 is 0 Å². The van der Waals surface area contributed by atoms with Crippen LogP contribution in [-0.4, -0.2) is 40.1 Å². The zero-order chi connectivity index (χ0) is 15.3. The number of benzene rings is 1. The van der Waals surface area contributed by atoms with Gasteiger partial charge in [-0.05, 0) is 18.9 Å². The highest BCUT2D eigenvalue weighted by molar-refractivity contribution is 6.17. The Morgan fingerprint density at radius 1 is 1.00 bits per heavy atom. The fourth-order valence-electron chi connectivity index (χ4n) is 1.71. The number of alkyl halides is 1. The van der Waals surface area contributed by atoms with Gasteiger partial charge < -0.3 is 18.9 Å². The molecule has 0 saturated carbocycles. The summed E-state index contributed by atoms with van der Waals surface area (Å²) in [5, 5.41) is 0. The van der Waals surface area contributed by atoms with Crippen molar-refractivity contribution in [2.45, 2.75) is 25.6 Å². The van der Waals surface area contributed by atoms with Crippen LogP contribution in [0.2, 0.25) is 0 Å². The van der Waals surface area contributed by atoms with E-state index in [4.69, 9.17) is 30.5 Å². The monoisotopic (exact) mass is 316 g/mol. The standard InChI is InChI=1S/C16H25ClO4/c1-3-7-20-15-6-5-14(13-17)16(12-15)21-11-10-19-9-4-8-18-2/h5-6,12H,3-4,7-11,13H2,1-2H3. The molecular formula is C16H25ClO4. The molecule has 1 aromatic rings. The fourth-order valence-corrected chi connectivity index (χ4v) is 1.93. The molecule has 0 fully saturated rings. The molecule has 0 radical (unpaired) electrons. The van der Waals surface area contributed by atoms with Crippen LogP contribution in [0.4, 0.5) is 0 Å². The average Bonchev–Trinajstić information content (AvgIpc) is 2.52. The van der Waals surface area contributed by atoms with Crippen LogP contribution in [0.1, 0.15) is 25.3 Å². The first-order valence-corrected chi connectivity index (χ1v) is 7.86. The summed E-state index contributed by atoms with van der Waals surface area (Å²) >= 11 is 5.92. The van der Waals surface area contributed by atoms with Gasteiger partial charge in [-0.25, -0.2) is 0 Å². The van der Waals surface area contributed by atoms with E-state index in [1.165, 1.54) is 0 Å².